The van der Waals surface area contributed by atoms with Gasteiger partial charge >= 0.3 is 0 Å². The highest BCUT2D eigenvalue weighted by Gasteiger charge is 2.34. The molecule has 0 saturated carbocycles. The van der Waals surface area contributed by atoms with Crippen LogP contribution in [0.5, 0.6) is 0 Å². The average Bonchev–Trinajstić information content (AvgIpc) is 3.63. The predicted octanol–water partition coefficient (Wildman–Crippen LogP) is 4.71. The summed E-state index contributed by atoms with van der Waals surface area (Å²) < 4.78 is 1.88. The lowest BCUT2D eigenvalue weighted by Crippen LogP contribution is -2.45. The molecular weight excluding hydrogens is 592 g/mol. The minimum Gasteiger partial charge on any atom is -0.306 e. The normalized spacial score (nSPS) is 14.5. The van der Waals surface area contributed by atoms with E-state index in [4.69, 9.17) is 0 Å². The zero-order chi connectivity index (χ0) is 32.7. The molecule has 4 amide bonds. The zero-order valence-electron chi connectivity index (χ0n) is 26.6. The second kappa shape index (κ2) is 12.5. The van der Waals surface area contributed by atoms with Gasteiger partial charge in [-0.05, 0) is 68.8 Å². The quantitative estimate of drug-likeness (QED) is 0.185. The number of nitrogens with zero attached hydrogens (tertiary/aromatic N) is 6. The molecular formula is C37H36N6O4. The van der Waals surface area contributed by atoms with Gasteiger partial charge in [0.15, 0.2) is 0 Å². The third-order valence-electron chi connectivity index (χ3n) is 9.41. The van der Waals surface area contributed by atoms with Gasteiger partial charge in [0, 0.05) is 77.0 Å². The molecule has 1 aromatic heterocycles. The van der Waals surface area contributed by atoms with Crippen molar-refractivity contribution in [2.45, 2.75) is 13.3 Å². The van der Waals surface area contributed by atoms with Crippen molar-refractivity contribution in [1.82, 2.24) is 29.2 Å². The van der Waals surface area contributed by atoms with Crippen LogP contribution in [-0.4, -0.2) is 106 Å². The third kappa shape index (κ3) is 5.39. The van der Waals surface area contributed by atoms with Crippen molar-refractivity contribution < 1.29 is 19.2 Å². The van der Waals surface area contributed by atoms with Gasteiger partial charge in [-0.1, -0.05) is 43.3 Å². The Bertz CT molecular complexity index is 1970. The fraction of sp³-hybridized carbons (Fsp3) is 0.270. The first-order valence-corrected chi connectivity index (χ1v) is 16.1. The van der Waals surface area contributed by atoms with Crippen molar-refractivity contribution in [3.8, 4) is 5.69 Å². The molecule has 0 N–H and O–H groups in total. The Hall–Kier alpha value is -5.19. The summed E-state index contributed by atoms with van der Waals surface area (Å²) in [7, 11) is 1.99. The van der Waals surface area contributed by atoms with Gasteiger partial charge in [-0.3, -0.25) is 29.0 Å². The number of aromatic nitrogens is 2. The van der Waals surface area contributed by atoms with Crippen molar-refractivity contribution in [1.29, 1.82) is 0 Å². The molecule has 0 unspecified atom stereocenters. The maximum absolute atomic E-state index is 13.5. The maximum Gasteiger partial charge on any atom is 0.261 e. The van der Waals surface area contributed by atoms with Crippen LogP contribution in [0.15, 0.2) is 85.5 Å². The summed E-state index contributed by atoms with van der Waals surface area (Å²) in [6.45, 7) is 6.16. The number of likely N-dealkylation sites (N-methyl/N-ethyl adjacent to an activating group) is 2. The Morgan fingerprint density at radius 2 is 1.26 bits per heavy atom. The SMILES string of the molecule is CCN(CCCN(C)CCN1C(=O)c2cccc3c(-n4ccnc4)ccc(c23)C1=O)CCN1C(=O)c2cccc3cccc(c23)C1=O. The number of hydrogen-bond acceptors (Lipinski definition) is 7. The van der Waals surface area contributed by atoms with Crippen LogP contribution in [0.4, 0.5) is 0 Å². The average molecular weight is 629 g/mol. The second-order valence-corrected chi connectivity index (χ2v) is 12.2. The number of benzene rings is 4. The van der Waals surface area contributed by atoms with Gasteiger partial charge in [0.2, 0.25) is 0 Å². The highest BCUT2D eigenvalue weighted by atomic mass is 16.2. The molecule has 4 aromatic carbocycles. The maximum atomic E-state index is 13.5. The summed E-state index contributed by atoms with van der Waals surface area (Å²) in [6, 6.07) is 20.4. The monoisotopic (exact) mass is 628 g/mol. The molecule has 0 fully saturated rings. The van der Waals surface area contributed by atoms with Crippen LogP contribution in [-0.2, 0) is 0 Å². The standard InChI is InChI=1S/C37H36N6O4/c1-3-40(21-23-43-34(44)27-11-4-8-25-9-5-12-28(32(25)27)35(43)45)18-7-17-39(2)20-22-42-36(46)29-13-6-10-26-31(41-19-16-38-24-41)15-14-30(33(26)29)37(42)47/h4-6,8-16,19,24H,3,7,17-18,20-23H2,1-2H3. The molecule has 3 heterocycles. The summed E-state index contributed by atoms with van der Waals surface area (Å²) in [5.41, 5.74) is 3.09. The smallest absolute Gasteiger partial charge is 0.261 e. The summed E-state index contributed by atoms with van der Waals surface area (Å²) in [4.78, 5) is 64.9. The number of imidazole rings is 1. The Morgan fingerprint density at radius 3 is 1.87 bits per heavy atom. The zero-order valence-corrected chi connectivity index (χ0v) is 26.6. The Balaban J connectivity index is 0.932. The van der Waals surface area contributed by atoms with Crippen molar-refractivity contribution >= 4 is 45.2 Å². The lowest BCUT2D eigenvalue weighted by Gasteiger charge is -2.30. The van der Waals surface area contributed by atoms with E-state index >= 15 is 0 Å². The summed E-state index contributed by atoms with van der Waals surface area (Å²) in [5, 5.41) is 3.17. The third-order valence-corrected chi connectivity index (χ3v) is 9.41. The first kappa shape index (κ1) is 30.5. The number of amides is 4. The first-order chi connectivity index (χ1) is 22.9. The van der Waals surface area contributed by atoms with Crippen molar-refractivity contribution in [2.75, 3.05) is 52.9 Å². The lowest BCUT2D eigenvalue weighted by molar-refractivity contribution is 0.0584. The Labute approximate surface area is 272 Å². The molecule has 0 atom stereocenters. The lowest BCUT2D eigenvalue weighted by atomic mass is 9.93. The van der Waals surface area contributed by atoms with Crippen LogP contribution >= 0.6 is 0 Å². The molecule has 10 nitrogen and oxygen atoms in total. The van der Waals surface area contributed by atoms with Gasteiger partial charge in [-0.25, -0.2) is 4.98 Å². The van der Waals surface area contributed by atoms with Crippen LogP contribution in [0.2, 0.25) is 0 Å². The largest absolute Gasteiger partial charge is 0.306 e. The van der Waals surface area contributed by atoms with Gasteiger partial charge in [0.05, 0.1) is 12.0 Å². The van der Waals surface area contributed by atoms with E-state index in [0.717, 1.165) is 47.9 Å². The number of hydrogen-bond donors (Lipinski definition) is 0. The van der Waals surface area contributed by atoms with E-state index in [9.17, 15) is 19.2 Å². The topological polar surface area (TPSA) is 99.1 Å². The van der Waals surface area contributed by atoms with Gasteiger partial charge in [-0.15, -0.1) is 0 Å². The summed E-state index contributed by atoms with van der Waals surface area (Å²) >= 11 is 0. The summed E-state index contributed by atoms with van der Waals surface area (Å²) in [6.07, 6.45) is 6.10. The molecule has 5 aromatic rings. The van der Waals surface area contributed by atoms with E-state index < -0.39 is 0 Å². The van der Waals surface area contributed by atoms with E-state index in [2.05, 4.69) is 21.7 Å². The van der Waals surface area contributed by atoms with Crippen molar-refractivity contribution in [3.63, 3.8) is 0 Å². The number of carbonyl (C=O) groups excluding carboxylic acids is 4. The molecule has 0 spiro atoms. The van der Waals surface area contributed by atoms with E-state index in [0.29, 0.717) is 47.3 Å². The molecule has 0 saturated heterocycles. The van der Waals surface area contributed by atoms with Crippen LogP contribution in [0.1, 0.15) is 54.8 Å². The van der Waals surface area contributed by atoms with E-state index in [1.165, 1.54) is 9.80 Å². The highest BCUT2D eigenvalue weighted by molar-refractivity contribution is 6.27. The molecule has 2 aliphatic rings. The fourth-order valence-electron chi connectivity index (χ4n) is 6.86. The minimum absolute atomic E-state index is 0.241. The van der Waals surface area contributed by atoms with Gasteiger partial charge in [-0.2, -0.15) is 0 Å². The second-order valence-electron chi connectivity index (χ2n) is 12.2. The van der Waals surface area contributed by atoms with E-state index in [-0.39, 0.29) is 30.2 Å². The molecule has 0 radical (unpaired) electrons. The summed E-state index contributed by atoms with van der Waals surface area (Å²) in [5.74, 6) is -1.03. The van der Waals surface area contributed by atoms with Gasteiger partial charge in [0.25, 0.3) is 23.6 Å². The number of imide groups is 2. The molecule has 10 heteroatoms. The molecule has 238 valence electrons. The predicted molar refractivity (Wildman–Crippen MR) is 180 cm³/mol. The number of carbonyl (C=O) groups is 4. The van der Waals surface area contributed by atoms with Gasteiger partial charge in [0.1, 0.15) is 0 Å². The van der Waals surface area contributed by atoms with Gasteiger partial charge < -0.3 is 14.4 Å². The minimum atomic E-state index is -0.276. The molecule has 0 bridgehead atoms. The van der Waals surface area contributed by atoms with Crippen LogP contribution in [0.3, 0.4) is 0 Å². The molecule has 7 rings (SSSR count). The molecule has 2 aliphatic heterocycles. The Morgan fingerprint density at radius 1 is 0.660 bits per heavy atom. The van der Waals surface area contributed by atoms with E-state index in [1.807, 2.05) is 60.3 Å². The Kier molecular flexibility index (Phi) is 8.13. The van der Waals surface area contributed by atoms with Crippen molar-refractivity contribution in [2.24, 2.45) is 0 Å². The molecule has 0 aliphatic carbocycles. The van der Waals surface area contributed by atoms with Crippen LogP contribution < -0.4 is 0 Å². The fourth-order valence-corrected chi connectivity index (χ4v) is 6.86. The van der Waals surface area contributed by atoms with Crippen LogP contribution in [0.25, 0.3) is 27.2 Å². The number of rotatable bonds is 12. The molecule has 47 heavy (non-hydrogen) atoms. The van der Waals surface area contributed by atoms with E-state index in [1.54, 1.807) is 36.8 Å². The highest BCUT2D eigenvalue weighted by Crippen LogP contribution is 2.34. The van der Waals surface area contributed by atoms with Crippen molar-refractivity contribution in [3.05, 3.63) is 108 Å². The van der Waals surface area contributed by atoms with Crippen LogP contribution in [0, 0.1) is 0 Å². The first-order valence-electron chi connectivity index (χ1n) is 16.1.